The largest absolute Gasteiger partial charge is 0.416 e. The van der Waals surface area contributed by atoms with E-state index in [-0.39, 0.29) is 0 Å². The fraction of sp³-hybridized carbons (Fsp3) is 0.364. The number of benzene rings is 1. The number of aliphatic hydroxyl groups excluding tert-OH is 1. The third-order valence-electron chi connectivity index (χ3n) is 2.17. The number of carbonyl (C=O) groups is 1. The van der Waals surface area contributed by atoms with Crippen molar-refractivity contribution in [3.63, 3.8) is 0 Å². The number of carbonyl (C=O) groups excluding carboxylic acids is 1. The SMILES string of the molecule is O=C(NCC(O)C(F)(F)F)C(Cl)c1ccccc1. The molecule has 1 aromatic rings. The topological polar surface area (TPSA) is 49.3 Å². The first-order chi connectivity index (χ1) is 8.32. The van der Waals surface area contributed by atoms with Crippen molar-refractivity contribution in [3.8, 4) is 0 Å². The Kier molecular flexibility index (Phi) is 4.98. The second-order valence-electron chi connectivity index (χ2n) is 3.58. The zero-order chi connectivity index (χ0) is 13.8. The Labute approximate surface area is 107 Å². The molecular formula is C11H11ClF3NO2. The van der Waals surface area contributed by atoms with Gasteiger partial charge >= 0.3 is 6.18 Å². The molecule has 0 spiro atoms. The van der Waals surface area contributed by atoms with Crippen molar-refractivity contribution in [2.75, 3.05) is 6.54 Å². The van der Waals surface area contributed by atoms with E-state index in [0.29, 0.717) is 5.56 Å². The van der Waals surface area contributed by atoms with Crippen LogP contribution in [0.25, 0.3) is 0 Å². The molecular weight excluding hydrogens is 271 g/mol. The molecule has 100 valence electrons. The third kappa shape index (κ3) is 4.19. The molecule has 0 saturated heterocycles. The molecule has 0 radical (unpaired) electrons. The van der Waals surface area contributed by atoms with E-state index in [9.17, 15) is 18.0 Å². The van der Waals surface area contributed by atoms with Gasteiger partial charge in [-0.15, -0.1) is 11.6 Å². The van der Waals surface area contributed by atoms with Crippen LogP contribution in [0.1, 0.15) is 10.9 Å². The van der Waals surface area contributed by atoms with E-state index in [4.69, 9.17) is 16.7 Å². The standard InChI is InChI=1S/C11H11ClF3NO2/c12-9(7-4-2-1-3-5-7)10(18)16-6-8(17)11(13,14)15/h1-5,8-9,17H,6H2,(H,16,18). The summed E-state index contributed by atoms with van der Waals surface area (Å²) < 4.78 is 36.0. The molecule has 2 atom stereocenters. The molecule has 1 amide bonds. The number of amides is 1. The maximum atomic E-state index is 12.0. The zero-order valence-electron chi connectivity index (χ0n) is 9.12. The Morgan fingerprint density at radius 1 is 1.33 bits per heavy atom. The third-order valence-corrected chi connectivity index (χ3v) is 2.62. The van der Waals surface area contributed by atoms with Gasteiger partial charge in [-0.3, -0.25) is 4.79 Å². The summed E-state index contributed by atoms with van der Waals surface area (Å²) in [5, 5.41) is 9.56. The average molecular weight is 282 g/mol. The van der Waals surface area contributed by atoms with E-state index in [0.717, 1.165) is 0 Å². The number of hydrogen-bond acceptors (Lipinski definition) is 2. The summed E-state index contributed by atoms with van der Waals surface area (Å²) in [5.74, 6) is -0.786. The van der Waals surface area contributed by atoms with Gasteiger partial charge in [0.1, 0.15) is 5.38 Å². The van der Waals surface area contributed by atoms with Crippen LogP contribution in [0, 0.1) is 0 Å². The molecule has 0 heterocycles. The molecule has 1 aromatic carbocycles. The molecule has 0 aliphatic heterocycles. The second kappa shape index (κ2) is 6.06. The van der Waals surface area contributed by atoms with Gasteiger partial charge in [-0.1, -0.05) is 30.3 Å². The summed E-state index contributed by atoms with van der Waals surface area (Å²) in [5.41, 5.74) is 0.471. The van der Waals surface area contributed by atoms with E-state index in [1.165, 1.54) is 0 Å². The first kappa shape index (κ1) is 14.8. The second-order valence-corrected chi connectivity index (χ2v) is 4.01. The fourth-order valence-corrected chi connectivity index (χ4v) is 1.40. The van der Waals surface area contributed by atoms with Crippen molar-refractivity contribution in [2.45, 2.75) is 17.7 Å². The first-order valence-electron chi connectivity index (χ1n) is 5.04. The highest BCUT2D eigenvalue weighted by molar-refractivity contribution is 6.30. The molecule has 0 aliphatic carbocycles. The number of alkyl halides is 4. The summed E-state index contributed by atoms with van der Waals surface area (Å²) in [6, 6.07) is 8.19. The smallest absolute Gasteiger partial charge is 0.382 e. The van der Waals surface area contributed by atoms with Gasteiger partial charge in [0.2, 0.25) is 5.91 Å². The molecule has 18 heavy (non-hydrogen) atoms. The van der Waals surface area contributed by atoms with Gasteiger partial charge in [-0.05, 0) is 5.56 Å². The van der Waals surface area contributed by atoms with Crippen LogP contribution in [0.5, 0.6) is 0 Å². The van der Waals surface area contributed by atoms with Crippen LogP contribution in [-0.2, 0) is 4.79 Å². The van der Waals surface area contributed by atoms with E-state index in [1.807, 2.05) is 5.32 Å². The van der Waals surface area contributed by atoms with Gasteiger partial charge in [0.25, 0.3) is 0 Å². The summed E-state index contributed by atoms with van der Waals surface area (Å²) in [4.78, 5) is 11.5. The van der Waals surface area contributed by atoms with Gasteiger partial charge in [-0.2, -0.15) is 13.2 Å². The minimum Gasteiger partial charge on any atom is -0.382 e. The lowest BCUT2D eigenvalue weighted by Crippen LogP contribution is -2.41. The normalized spacial score (nSPS) is 14.9. The Bertz CT molecular complexity index is 397. The lowest BCUT2D eigenvalue weighted by Gasteiger charge is -2.16. The van der Waals surface area contributed by atoms with Crippen LogP contribution >= 0.6 is 11.6 Å². The molecule has 2 N–H and O–H groups in total. The van der Waals surface area contributed by atoms with Crippen LogP contribution in [0.2, 0.25) is 0 Å². The molecule has 0 bridgehead atoms. The molecule has 0 aromatic heterocycles. The minimum atomic E-state index is -4.76. The minimum absolute atomic E-state index is 0.471. The predicted octanol–water partition coefficient (Wildman–Crippen LogP) is 2.01. The van der Waals surface area contributed by atoms with Gasteiger partial charge < -0.3 is 10.4 Å². The highest BCUT2D eigenvalue weighted by atomic mass is 35.5. The predicted molar refractivity (Wildman–Crippen MR) is 60.1 cm³/mol. The first-order valence-corrected chi connectivity index (χ1v) is 5.47. The van der Waals surface area contributed by atoms with Crippen LogP contribution in [0.4, 0.5) is 13.2 Å². The van der Waals surface area contributed by atoms with Crippen molar-refractivity contribution in [3.05, 3.63) is 35.9 Å². The van der Waals surface area contributed by atoms with Crippen molar-refractivity contribution >= 4 is 17.5 Å². The van der Waals surface area contributed by atoms with E-state index in [1.54, 1.807) is 30.3 Å². The molecule has 0 saturated carbocycles. The average Bonchev–Trinajstić information content (AvgIpc) is 2.34. The monoisotopic (exact) mass is 281 g/mol. The van der Waals surface area contributed by atoms with Crippen molar-refractivity contribution in [1.29, 1.82) is 0 Å². The van der Waals surface area contributed by atoms with Crippen LogP contribution in [0.3, 0.4) is 0 Å². The Morgan fingerprint density at radius 3 is 2.39 bits per heavy atom. The fourth-order valence-electron chi connectivity index (χ4n) is 1.18. The van der Waals surface area contributed by atoms with Gasteiger partial charge in [0.15, 0.2) is 6.10 Å². The molecule has 7 heteroatoms. The number of halogens is 4. The molecule has 0 fully saturated rings. The zero-order valence-corrected chi connectivity index (χ0v) is 9.87. The highest BCUT2D eigenvalue weighted by Gasteiger charge is 2.38. The lowest BCUT2D eigenvalue weighted by atomic mass is 10.1. The van der Waals surface area contributed by atoms with E-state index in [2.05, 4.69) is 0 Å². The van der Waals surface area contributed by atoms with Crippen LogP contribution in [0.15, 0.2) is 30.3 Å². The van der Waals surface area contributed by atoms with Gasteiger partial charge in [-0.25, -0.2) is 0 Å². The number of aliphatic hydroxyl groups is 1. The van der Waals surface area contributed by atoms with E-state index >= 15 is 0 Å². The van der Waals surface area contributed by atoms with Crippen LogP contribution < -0.4 is 5.32 Å². The molecule has 1 rings (SSSR count). The number of rotatable bonds is 4. The number of hydrogen-bond donors (Lipinski definition) is 2. The summed E-state index contributed by atoms with van der Waals surface area (Å²) in [6.07, 6.45) is -7.36. The maximum Gasteiger partial charge on any atom is 0.416 e. The quantitative estimate of drug-likeness (QED) is 0.830. The Hall–Kier alpha value is -1.27. The van der Waals surface area contributed by atoms with Crippen molar-refractivity contribution in [1.82, 2.24) is 5.32 Å². The molecule has 0 aliphatic rings. The molecule has 2 unspecified atom stereocenters. The lowest BCUT2D eigenvalue weighted by molar-refractivity contribution is -0.201. The Balaban J connectivity index is 2.52. The highest BCUT2D eigenvalue weighted by Crippen LogP contribution is 2.21. The summed E-state index contributed by atoms with van der Waals surface area (Å²) >= 11 is 5.78. The van der Waals surface area contributed by atoms with Gasteiger partial charge in [0.05, 0.1) is 6.54 Å². The van der Waals surface area contributed by atoms with Crippen molar-refractivity contribution < 1.29 is 23.1 Å². The number of nitrogens with one attached hydrogen (secondary N) is 1. The van der Waals surface area contributed by atoms with E-state index < -0.39 is 30.1 Å². The summed E-state index contributed by atoms with van der Waals surface area (Å²) in [7, 11) is 0. The van der Waals surface area contributed by atoms with Crippen LogP contribution in [-0.4, -0.2) is 29.8 Å². The molecule has 3 nitrogen and oxygen atoms in total. The Morgan fingerprint density at radius 2 is 1.89 bits per heavy atom. The maximum absolute atomic E-state index is 12.0. The summed E-state index contributed by atoms with van der Waals surface area (Å²) in [6.45, 7) is -0.918. The van der Waals surface area contributed by atoms with Crippen molar-refractivity contribution in [2.24, 2.45) is 0 Å². The van der Waals surface area contributed by atoms with Gasteiger partial charge in [0, 0.05) is 0 Å².